The van der Waals surface area contributed by atoms with Crippen molar-refractivity contribution in [1.82, 2.24) is 0 Å². The number of aldehydes is 1. The molecule has 0 aromatic carbocycles. The maximum atomic E-state index is 11.2. The van der Waals surface area contributed by atoms with Crippen molar-refractivity contribution in [2.75, 3.05) is 0 Å². The van der Waals surface area contributed by atoms with Crippen molar-refractivity contribution >= 4 is 6.29 Å². The molecule has 0 spiro atoms. The van der Waals surface area contributed by atoms with E-state index in [2.05, 4.69) is 34.3 Å². The van der Waals surface area contributed by atoms with Crippen molar-refractivity contribution in [3.05, 3.63) is 23.8 Å². The number of hydrogen-bond donors (Lipinski definition) is 1. The van der Waals surface area contributed by atoms with Crippen LogP contribution in [0.5, 0.6) is 0 Å². The van der Waals surface area contributed by atoms with Crippen LogP contribution in [0, 0.1) is 34.5 Å². The molecule has 25 heavy (non-hydrogen) atoms. The van der Waals surface area contributed by atoms with E-state index in [-0.39, 0.29) is 11.5 Å². The van der Waals surface area contributed by atoms with Crippen LogP contribution in [0.25, 0.3) is 0 Å². The quantitative estimate of drug-likeness (QED) is 0.428. The lowest BCUT2D eigenvalue weighted by Gasteiger charge is -2.60. The summed E-state index contributed by atoms with van der Waals surface area (Å²) in [6.45, 7) is 13.7. The predicted octanol–water partition coefficient (Wildman–Crippen LogP) is 5.28. The summed E-state index contributed by atoms with van der Waals surface area (Å²) in [7, 11) is 0. The zero-order valence-electron chi connectivity index (χ0n) is 16.7. The van der Waals surface area contributed by atoms with E-state index in [0.29, 0.717) is 23.2 Å². The second-order valence-electron chi connectivity index (χ2n) is 9.68. The molecule has 0 aromatic rings. The van der Waals surface area contributed by atoms with E-state index >= 15 is 0 Å². The van der Waals surface area contributed by atoms with Gasteiger partial charge in [-0.1, -0.05) is 44.9 Å². The molecule has 3 rings (SSSR count). The summed E-state index contributed by atoms with van der Waals surface area (Å²) < 4.78 is 0. The molecule has 2 N–H and O–H groups in total. The van der Waals surface area contributed by atoms with E-state index in [1.807, 2.05) is 6.08 Å². The summed E-state index contributed by atoms with van der Waals surface area (Å²) in [5.74, 6) is 2.63. The van der Waals surface area contributed by atoms with E-state index in [1.54, 1.807) is 0 Å². The zero-order valence-corrected chi connectivity index (χ0v) is 16.7. The summed E-state index contributed by atoms with van der Waals surface area (Å²) in [5, 5.41) is 0. The highest BCUT2D eigenvalue weighted by molar-refractivity contribution is 5.66. The van der Waals surface area contributed by atoms with Crippen molar-refractivity contribution in [2.45, 2.75) is 78.7 Å². The first-order chi connectivity index (χ1) is 11.8. The van der Waals surface area contributed by atoms with E-state index in [1.165, 1.54) is 30.4 Å². The third-order valence-electron chi connectivity index (χ3n) is 8.37. The molecular weight excluding hydrogens is 306 g/mol. The van der Waals surface area contributed by atoms with Crippen LogP contribution in [-0.2, 0) is 4.79 Å². The van der Waals surface area contributed by atoms with Crippen molar-refractivity contribution < 1.29 is 4.79 Å². The largest absolute Gasteiger partial charge is 0.327 e. The molecule has 0 heterocycles. The Labute approximate surface area is 154 Å². The van der Waals surface area contributed by atoms with Crippen LogP contribution < -0.4 is 5.73 Å². The van der Waals surface area contributed by atoms with Gasteiger partial charge < -0.3 is 5.73 Å². The van der Waals surface area contributed by atoms with Gasteiger partial charge in [-0.15, -0.1) is 0 Å². The van der Waals surface area contributed by atoms with Gasteiger partial charge in [0.1, 0.15) is 6.29 Å². The van der Waals surface area contributed by atoms with Gasteiger partial charge in [-0.2, -0.15) is 0 Å². The molecule has 2 nitrogen and oxygen atoms in total. The summed E-state index contributed by atoms with van der Waals surface area (Å²) in [6, 6.07) is 0.234. The molecule has 140 valence electrons. The summed E-state index contributed by atoms with van der Waals surface area (Å²) in [6.07, 6.45) is 11.2. The number of carbonyl (C=O) groups excluding carboxylic acids is 1. The topological polar surface area (TPSA) is 43.1 Å². The minimum absolute atomic E-state index is 0.0979. The van der Waals surface area contributed by atoms with Crippen LogP contribution in [0.2, 0.25) is 0 Å². The van der Waals surface area contributed by atoms with E-state index in [4.69, 9.17) is 5.73 Å². The molecule has 0 saturated heterocycles. The molecule has 0 aromatic heterocycles. The van der Waals surface area contributed by atoms with Gasteiger partial charge in [-0.05, 0) is 86.0 Å². The first kappa shape index (κ1) is 18.9. The Kier molecular flexibility index (Phi) is 5.05. The molecule has 3 aliphatic rings. The fraction of sp³-hybridized carbons (Fsp3) is 0.783. The number of nitrogens with two attached hydrogens (primary N) is 1. The molecular formula is C23H37NO. The number of allylic oxidation sites excluding steroid dienone is 3. The molecule has 0 aliphatic heterocycles. The highest BCUT2D eigenvalue weighted by Crippen LogP contribution is 2.66. The maximum Gasteiger partial charge on any atom is 0.142 e. The van der Waals surface area contributed by atoms with Gasteiger partial charge in [-0.3, -0.25) is 4.79 Å². The number of rotatable bonds is 4. The molecule has 3 saturated carbocycles. The minimum atomic E-state index is 0.0979. The lowest BCUT2D eigenvalue weighted by Crippen LogP contribution is -2.58. The first-order valence-electron chi connectivity index (χ1n) is 10.4. The SMILES string of the molecule is C=C(C)C1CCC2C3CC/C(=C/C=O)C(C)(CCC)C3C(N)CC12C. The standard InChI is InChI=1S/C23H37NO/c1-6-12-22(4)16(11-13-25)7-8-17-19-10-9-18(15(2)3)23(19,5)14-20(24)21(17)22/h11,13,17-21H,2,6-10,12,14,24H2,1,3-5H3/b16-11-. The second kappa shape index (κ2) is 6.68. The maximum absolute atomic E-state index is 11.2. The van der Waals surface area contributed by atoms with Gasteiger partial charge in [0.15, 0.2) is 0 Å². The lowest BCUT2D eigenvalue weighted by atomic mass is 9.46. The molecule has 0 radical (unpaired) electrons. The van der Waals surface area contributed by atoms with Crippen LogP contribution in [0.4, 0.5) is 0 Å². The minimum Gasteiger partial charge on any atom is -0.327 e. The molecule has 0 bridgehead atoms. The van der Waals surface area contributed by atoms with Crippen molar-refractivity contribution in [2.24, 2.45) is 40.2 Å². The Balaban J connectivity index is 2.00. The van der Waals surface area contributed by atoms with Crippen LogP contribution in [0.1, 0.15) is 72.6 Å². The van der Waals surface area contributed by atoms with Crippen molar-refractivity contribution in [3.63, 3.8) is 0 Å². The Morgan fingerprint density at radius 3 is 2.64 bits per heavy atom. The van der Waals surface area contributed by atoms with E-state index in [9.17, 15) is 4.79 Å². The summed E-state index contributed by atoms with van der Waals surface area (Å²) in [4.78, 5) is 11.2. The Morgan fingerprint density at radius 1 is 1.32 bits per heavy atom. The monoisotopic (exact) mass is 343 g/mol. The van der Waals surface area contributed by atoms with E-state index < -0.39 is 0 Å². The van der Waals surface area contributed by atoms with Gasteiger partial charge in [0, 0.05) is 6.04 Å². The third-order valence-corrected chi connectivity index (χ3v) is 8.37. The fourth-order valence-electron chi connectivity index (χ4n) is 7.62. The van der Waals surface area contributed by atoms with Crippen LogP contribution in [0.15, 0.2) is 23.8 Å². The van der Waals surface area contributed by atoms with Crippen molar-refractivity contribution in [1.29, 1.82) is 0 Å². The van der Waals surface area contributed by atoms with Gasteiger partial charge in [0.05, 0.1) is 0 Å². The van der Waals surface area contributed by atoms with Crippen molar-refractivity contribution in [3.8, 4) is 0 Å². The molecule has 7 atom stereocenters. The van der Waals surface area contributed by atoms with Gasteiger partial charge in [0.25, 0.3) is 0 Å². The average molecular weight is 344 g/mol. The fourth-order valence-corrected chi connectivity index (χ4v) is 7.62. The molecule has 7 unspecified atom stereocenters. The number of fused-ring (bicyclic) bond motifs is 3. The normalized spacial score (nSPS) is 48.0. The van der Waals surface area contributed by atoms with Crippen LogP contribution in [-0.4, -0.2) is 12.3 Å². The zero-order chi connectivity index (χ0) is 18.4. The average Bonchev–Trinajstić information content (AvgIpc) is 2.87. The third kappa shape index (κ3) is 2.76. The molecule has 3 aliphatic carbocycles. The Bertz CT molecular complexity index is 579. The highest BCUT2D eigenvalue weighted by Gasteiger charge is 2.60. The van der Waals surface area contributed by atoms with Gasteiger partial charge in [-0.25, -0.2) is 0 Å². The molecule has 3 fully saturated rings. The molecule has 2 heteroatoms. The Hall–Kier alpha value is -0.890. The summed E-state index contributed by atoms with van der Waals surface area (Å²) in [5.41, 5.74) is 10.0. The number of hydrogen-bond acceptors (Lipinski definition) is 2. The smallest absolute Gasteiger partial charge is 0.142 e. The van der Waals surface area contributed by atoms with E-state index in [0.717, 1.165) is 37.9 Å². The second-order valence-corrected chi connectivity index (χ2v) is 9.68. The first-order valence-corrected chi connectivity index (χ1v) is 10.4. The van der Waals surface area contributed by atoms with Crippen LogP contribution in [0.3, 0.4) is 0 Å². The van der Waals surface area contributed by atoms with Gasteiger partial charge in [0.2, 0.25) is 0 Å². The number of carbonyl (C=O) groups is 1. The Morgan fingerprint density at radius 2 is 2.04 bits per heavy atom. The molecule has 0 amide bonds. The lowest BCUT2D eigenvalue weighted by molar-refractivity contribution is -0.104. The summed E-state index contributed by atoms with van der Waals surface area (Å²) >= 11 is 0. The van der Waals surface area contributed by atoms with Crippen LogP contribution >= 0.6 is 0 Å². The predicted molar refractivity (Wildman–Crippen MR) is 105 cm³/mol. The highest BCUT2D eigenvalue weighted by atomic mass is 16.1. The van der Waals surface area contributed by atoms with Gasteiger partial charge >= 0.3 is 0 Å².